The molecule has 10 nitrogen and oxygen atoms in total. The van der Waals surface area contributed by atoms with Crippen LogP contribution in [0.25, 0.3) is 22.6 Å². The quantitative estimate of drug-likeness (QED) is 0.362. The Morgan fingerprint density at radius 1 is 1.06 bits per heavy atom. The van der Waals surface area contributed by atoms with Gasteiger partial charge in [0.1, 0.15) is 5.69 Å². The summed E-state index contributed by atoms with van der Waals surface area (Å²) in [6.45, 7) is 4.33. The first-order valence-corrected chi connectivity index (χ1v) is 11.6. The van der Waals surface area contributed by atoms with Crippen LogP contribution in [-0.4, -0.2) is 41.0 Å². The number of rotatable bonds is 9. The van der Waals surface area contributed by atoms with Gasteiger partial charge >= 0.3 is 5.97 Å². The molecule has 1 aromatic carbocycles. The highest BCUT2D eigenvalue weighted by molar-refractivity contribution is 5.69. The van der Waals surface area contributed by atoms with Crippen molar-refractivity contribution in [1.29, 1.82) is 5.26 Å². The van der Waals surface area contributed by atoms with Crippen molar-refractivity contribution in [2.24, 2.45) is 0 Å². The predicted molar refractivity (Wildman–Crippen MR) is 133 cm³/mol. The molecule has 0 aliphatic heterocycles. The molecule has 0 amide bonds. The van der Waals surface area contributed by atoms with Crippen LogP contribution >= 0.6 is 0 Å². The molecule has 0 bridgehead atoms. The Labute approximate surface area is 208 Å². The molecular formula is C26H26N8O2. The van der Waals surface area contributed by atoms with Gasteiger partial charge in [-0.25, -0.2) is 14.6 Å². The minimum atomic E-state index is -0.838. The Morgan fingerprint density at radius 2 is 1.81 bits per heavy atom. The number of anilines is 1. The molecule has 0 radical (unpaired) electrons. The van der Waals surface area contributed by atoms with Crippen molar-refractivity contribution >= 4 is 11.9 Å². The van der Waals surface area contributed by atoms with Gasteiger partial charge in [-0.2, -0.15) is 5.26 Å². The number of hydrogen-bond acceptors (Lipinski definition) is 8. The summed E-state index contributed by atoms with van der Waals surface area (Å²) in [5, 5.41) is 27.1. The topological polar surface area (TPSA) is 156 Å². The molecular weight excluding hydrogens is 456 g/mol. The van der Waals surface area contributed by atoms with Crippen molar-refractivity contribution in [3.8, 4) is 28.7 Å². The molecule has 4 aromatic rings. The van der Waals surface area contributed by atoms with E-state index in [1.807, 2.05) is 38.1 Å². The smallest absolute Gasteiger partial charge is 0.304 e. The fraction of sp³-hybridized carbons (Fsp3) is 0.269. The third kappa shape index (κ3) is 5.20. The Hall–Kier alpha value is -4.65. The monoisotopic (exact) mass is 482 g/mol. The van der Waals surface area contributed by atoms with E-state index in [4.69, 9.17) is 10.7 Å². The number of nitriles is 1. The van der Waals surface area contributed by atoms with Gasteiger partial charge < -0.3 is 10.8 Å². The van der Waals surface area contributed by atoms with Gasteiger partial charge in [0.15, 0.2) is 0 Å². The molecule has 4 rings (SSSR count). The molecule has 0 atom stereocenters. The van der Waals surface area contributed by atoms with Crippen molar-refractivity contribution in [3.63, 3.8) is 0 Å². The lowest BCUT2D eigenvalue weighted by atomic mass is 9.76. The number of aliphatic carboxylic acids is 1. The number of carbonyl (C=O) groups is 1. The van der Waals surface area contributed by atoms with Gasteiger partial charge in [0.05, 0.1) is 47.9 Å². The predicted octanol–water partition coefficient (Wildman–Crippen LogP) is 3.83. The van der Waals surface area contributed by atoms with Gasteiger partial charge in [-0.1, -0.05) is 37.3 Å². The van der Waals surface area contributed by atoms with E-state index in [-0.39, 0.29) is 12.4 Å². The minimum Gasteiger partial charge on any atom is -0.481 e. The maximum absolute atomic E-state index is 11.5. The number of nitrogens with two attached hydrogens (primary N) is 1. The summed E-state index contributed by atoms with van der Waals surface area (Å²) < 4.78 is 1.65. The number of pyridine rings is 1. The summed E-state index contributed by atoms with van der Waals surface area (Å²) in [5.74, 6) is -0.752. The lowest BCUT2D eigenvalue weighted by Crippen LogP contribution is -2.29. The molecule has 0 aliphatic rings. The number of carboxylic acid groups (broad SMARTS) is 1. The highest BCUT2D eigenvalue weighted by Gasteiger charge is 2.32. The molecule has 10 heteroatoms. The molecule has 0 saturated heterocycles. The van der Waals surface area contributed by atoms with E-state index in [9.17, 15) is 15.2 Å². The second-order valence-electron chi connectivity index (χ2n) is 8.56. The van der Waals surface area contributed by atoms with Gasteiger partial charge in [-0.3, -0.25) is 9.78 Å². The van der Waals surface area contributed by atoms with Crippen LogP contribution in [0.3, 0.4) is 0 Å². The molecule has 3 aromatic heterocycles. The Morgan fingerprint density at radius 3 is 2.53 bits per heavy atom. The van der Waals surface area contributed by atoms with Crippen LogP contribution in [0.1, 0.15) is 50.1 Å². The standard InChI is InChI=1S/C26H26N8O2/c1-3-26(4-2,13-24(35)36)23-10-6-9-19(29-23)15-34-16-22(32-33-34)21-12-20(30-25(28)31-21)18-8-5-7-17(11-18)14-27/h5-12,16H,3-4,13,15H2,1-2H3,(H,35,36)(H2,28,30,31). The van der Waals surface area contributed by atoms with E-state index in [0.717, 1.165) is 17.0 Å². The first kappa shape index (κ1) is 24.5. The molecule has 0 aliphatic carbocycles. The summed E-state index contributed by atoms with van der Waals surface area (Å²) in [6.07, 6.45) is 3.12. The molecule has 3 N–H and O–H groups in total. The third-order valence-corrected chi connectivity index (χ3v) is 6.35. The Bertz CT molecular complexity index is 1440. The number of carboxylic acids is 1. The lowest BCUT2D eigenvalue weighted by Gasteiger charge is -2.29. The maximum Gasteiger partial charge on any atom is 0.304 e. The number of hydrogen-bond donors (Lipinski definition) is 2. The zero-order chi connectivity index (χ0) is 25.7. The van der Waals surface area contributed by atoms with Crippen LogP contribution in [-0.2, 0) is 16.8 Å². The molecule has 0 saturated carbocycles. The molecule has 0 unspecified atom stereocenters. The second kappa shape index (κ2) is 10.3. The first-order chi connectivity index (χ1) is 17.4. The fourth-order valence-electron chi connectivity index (χ4n) is 4.26. The normalized spacial score (nSPS) is 11.2. The summed E-state index contributed by atoms with van der Waals surface area (Å²) in [7, 11) is 0. The third-order valence-electron chi connectivity index (χ3n) is 6.35. The van der Waals surface area contributed by atoms with E-state index in [2.05, 4.69) is 26.3 Å². The van der Waals surface area contributed by atoms with E-state index in [1.54, 1.807) is 35.1 Å². The van der Waals surface area contributed by atoms with E-state index in [1.165, 1.54) is 0 Å². The average molecular weight is 483 g/mol. The summed E-state index contributed by atoms with van der Waals surface area (Å²) in [4.78, 5) is 24.9. The van der Waals surface area contributed by atoms with Crippen LogP contribution in [0, 0.1) is 11.3 Å². The van der Waals surface area contributed by atoms with Crippen molar-refractivity contribution in [2.75, 3.05) is 5.73 Å². The van der Waals surface area contributed by atoms with Gasteiger partial charge in [0.2, 0.25) is 5.95 Å². The summed E-state index contributed by atoms with van der Waals surface area (Å²) >= 11 is 0. The van der Waals surface area contributed by atoms with E-state index < -0.39 is 11.4 Å². The molecule has 0 spiro atoms. The fourth-order valence-corrected chi connectivity index (χ4v) is 4.26. The number of nitrogens with zero attached hydrogens (tertiary/aromatic N) is 7. The zero-order valence-electron chi connectivity index (χ0n) is 20.1. The molecule has 0 fully saturated rings. The largest absolute Gasteiger partial charge is 0.481 e. The Kier molecular flexibility index (Phi) is 7.01. The van der Waals surface area contributed by atoms with Gasteiger partial charge in [0.25, 0.3) is 0 Å². The number of aromatic nitrogens is 6. The lowest BCUT2D eigenvalue weighted by molar-refractivity contribution is -0.138. The summed E-state index contributed by atoms with van der Waals surface area (Å²) in [5.41, 5.74) is 9.81. The highest BCUT2D eigenvalue weighted by atomic mass is 16.4. The summed E-state index contributed by atoms with van der Waals surface area (Å²) in [6, 6.07) is 16.6. The molecule has 182 valence electrons. The minimum absolute atomic E-state index is 0.0265. The molecule has 3 heterocycles. The Balaban J connectivity index is 1.60. The highest BCUT2D eigenvalue weighted by Crippen LogP contribution is 2.34. The second-order valence-corrected chi connectivity index (χ2v) is 8.56. The van der Waals surface area contributed by atoms with Gasteiger partial charge in [-0.15, -0.1) is 5.10 Å². The van der Waals surface area contributed by atoms with Gasteiger partial charge in [0, 0.05) is 16.7 Å². The van der Waals surface area contributed by atoms with Crippen LogP contribution < -0.4 is 5.73 Å². The van der Waals surface area contributed by atoms with Crippen molar-refractivity contribution < 1.29 is 9.90 Å². The maximum atomic E-state index is 11.5. The zero-order valence-corrected chi connectivity index (χ0v) is 20.1. The SMILES string of the molecule is CCC(CC)(CC(=O)O)c1cccc(Cn2cc(-c3cc(-c4cccc(C#N)c4)nc(N)n3)nn2)n1. The van der Waals surface area contributed by atoms with E-state index >= 15 is 0 Å². The van der Waals surface area contributed by atoms with Crippen molar-refractivity contribution in [1.82, 2.24) is 29.9 Å². The number of benzene rings is 1. The van der Waals surface area contributed by atoms with E-state index in [0.29, 0.717) is 42.0 Å². The van der Waals surface area contributed by atoms with Crippen molar-refractivity contribution in [3.05, 3.63) is 71.7 Å². The van der Waals surface area contributed by atoms with Crippen LogP contribution in [0.15, 0.2) is 54.7 Å². The van der Waals surface area contributed by atoms with Crippen LogP contribution in [0.2, 0.25) is 0 Å². The van der Waals surface area contributed by atoms with Crippen molar-refractivity contribution in [2.45, 2.75) is 45.1 Å². The first-order valence-electron chi connectivity index (χ1n) is 11.6. The number of nitrogen functional groups attached to an aromatic ring is 1. The average Bonchev–Trinajstić information content (AvgIpc) is 3.35. The van der Waals surface area contributed by atoms with Crippen LogP contribution in [0.4, 0.5) is 5.95 Å². The van der Waals surface area contributed by atoms with Gasteiger partial charge in [-0.05, 0) is 43.2 Å². The molecule has 36 heavy (non-hydrogen) atoms. The van der Waals surface area contributed by atoms with Crippen LogP contribution in [0.5, 0.6) is 0 Å².